The molecule has 0 amide bonds. The zero-order valence-corrected chi connectivity index (χ0v) is 41.7. The van der Waals surface area contributed by atoms with Gasteiger partial charge in [-0.15, -0.1) is 0 Å². The standard InChI is InChI=1S/C60H111N/c1-2-4-6-8-10-12-14-16-18-20-22-24-26-28-30-32-34-36-38-40-42-44-49-54-60(56-61-57-60)55-53-59(58-50-47-45-48-51-58)52-46-43-41-39-37-35-33-31-29-27-25-23-21-19-17-15-13-11-9-7-5-3-1/h45,47-48,50-51,59,61H,1-44,46,49,52-57H2. The van der Waals surface area contributed by atoms with Crippen molar-refractivity contribution in [3.05, 3.63) is 35.9 Å². The maximum absolute atomic E-state index is 3.69. The highest BCUT2D eigenvalue weighted by Gasteiger charge is 2.36. The minimum Gasteiger partial charge on any atom is -0.316 e. The molecule has 1 aromatic rings. The molecule has 1 N–H and O–H groups in total. The van der Waals surface area contributed by atoms with E-state index in [1.165, 1.54) is 334 Å². The number of rotatable bonds is 1. The maximum Gasteiger partial charge on any atom is 0.00202 e. The van der Waals surface area contributed by atoms with E-state index < -0.39 is 0 Å². The van der Waals surface area contributed by atoms with Crippen LogP contribution in [0.4, 0.5) is 0 Å². The van der Waals surface area contributed by atoms with E-state index >= 15 is 0 Å². The van der Waals surface area contributed by atoms with E-state index in [0.29, 0.717) is 5.41 Å². The van der Waals surface area contributed by atoms with E-state index in [0.717, 1.165) is 5.92 Å². The Morgan fingerprint density at radius 1 is 0.262 bits per heavy atom. The van der Waals surface area contributed by atoms with Crippen molar-refractivity contribution in [2.75, 3.05) is 13.1 Å². The molecule has 1 nitrogen and oxygen atoms in total. The summed E-state index contributed by atoms with van der Waals surface area (Å²) in [6, 6.07) is 11.6. The molecule has 1 atom stereocenters. The van der Waals surface area contributed by atoms with Crippen LogP contribution in [-0.4, -0.2) is 13.1 Å². The first kappa shape index (κ1) is 54.5. The number of hydrogen-bond acceptors (Lipinski definition) is 1. The van der Waals surface area contributed by atoms with Crippen LogP contribution in [0.2, 0.25) is 0 Å². The van der Waals surface area contributed by atoms with Crippen LogP contribution in [-0.2, 0) is 0 Å². The van der Waals surface area contributed by atoms with Crippen LogP contribution < -0.4 is 5.32 Å². The zero-order chi connectivity index (χ0) is 42.7. The van der Waals surface area contributed by atoms with Gasteiger partial charge in [-0.05, 0) is 42.6 Å². The lowest BCUT2D eigenvalue weighted by molar-refractivity contribution is 0.125. The number of benzene rings is 1. The van der Waals surface area contributed by atoms with Gasteiger partial charge in [0, 0.05) is 13.1 Å². The average Bonchev–Trinajstić information content (AvgIpc) is 3.27. The van der Waals surface area contributed by atoms with Crippen molar-refractivity contribution in [2.45, 2.75) is 327 Å². The SMILES string of the molecule is c1ccc(C2CCCCCCCCCCCCCCCCCCCCCCCCCCCCCCCCCCCCCCCCCCCCCCCCC3(CC2)CNC3)cc1. The highest BCUT2D eigenvalue weighted by Crippen LogP contribution is 2.39. The molecule has 0 bridgehead atoms. The summed E-state index contributed by atoms with van der Waals surface area (Å²) >= 11 is 0. The van der Waals surface area contributed by atoms with Gasteiger partial charge in [0.25, 0.3) is 0 Å². The molecule has 1 heterocycles. The lowest BCUT2D eigenvalue weighted by atomic mass is 9.71. The van der Waals surface area contributed by atoms with Crippen molar-refractivity contribution < 1.29 is 0 Å². The summed E-state index contributed by atoms with van der Waals surface area (Å²) in [6.45, 7) is 2.54. The quantitative estimate of drug-likeness (QED) is 0.297. The molecule has 1 unspecified atom stereocenters. The Hall–Kier alpha value is -0.820. The van der Waals surface area contributed by atoms with E-state index in [2.05, 4.69) is 35.6 Å². The molecule has 2 aliphatic rings. The molecule has 356 valence electrons. The Morgan fingerprint density at radius 2 is 0.508 bits per heavy atom. The first-order chi connectivity index (χ1) is 30.4. The highest BCUT2D eigenvalue weighted by molar-refractivity contribution is 5.19. The van der Waals surface area contributed by atoms with Crippen molar-refractivity contribution >= 4 is 0 Å². The van der Waals surface area contributed by atoms with Crippen molar-refractivity contribution in [3.8, 4) is 0 Å². The maximum atomic E-state index is 3.69. The Morgan fingerprint density at radius 3 is 0.754 bits per heavy atom. The van der Waals surface area contributed by atoms with E-state index in [-0.39, 0.29) is 0 Å². The van der Waals surface area contributed by atoms with Gasteiger partial charge in [0.1, 0.15) is 0 Å². The van der Waals surface area contributed by atoms with Gasteiger partial charge in [0.05, 0.1) is 0 Å². The first-order valence-corrected chi connectivity index (χ1v) is 29.1. The Bertz CT molecular complexity index is 996. The normalized spacial score (nSPS) is 25.1. The van der Waals surface area contributed by atoms with Crippen molar-refractivity contribution in [3.63, 3.8) is 0 Å². The summed E-state index contributed by atoms with van der Waals surface area (Å²) in [7, 11) is 0. The fraction of sp³-hybridized carbons (Fsp3) is 0.900. The van der Waals surface area contributed by atoms with Gasteiger partial charge in [-0.2, -0.15) is 0 Å². The van der Waals surface area contributed by atoms with Gasteiger partial charge in [0.2, 0.25) is 0 Å². The fourth-order valence-corrected chi connectivity index (χ4v) is 11.3. The fourth-order valence-electron chi connectivity index (χ4n) is 11.3. The van der Waals surface area contributed by atoms with Crippen LogP contribution in [0.1, 0.15) is 333 Å². The van der Waals surface area contributed by atoms with Crippen LogP contribution in [0.5, 0.6) is 0 Å². The van der Waals surface area contributed by atoms with Crippen molar-refractivity contribution in [2.24, 2.45) is 5.41 Å². The molecule has 1 aromatic carbocycles. The van der Waals surface area contributed by atoms with Crippen molar-refractivity contribution in [1.29, 1.82) is 0 Å². The lowest BCUT2D eigenvalue weighted by Gasteiger charge is -2.44. The predicted octanol–water partition coefficient (Wildman–Crippen LogP) is 20.9. The van der Waals surface area contributed by atoms with Gasteiger partial charge >= 0.3 is 0 Å². The third-order valence-electron chi connectivity index (χ3n) is 15.8. The monoisotopic (exact) mass is 846 g/mol. The van der Waals surface area contributed by atoms with Crippen LogP contribution in [0.15, 0.2) is 30.3 Å². The molecule has 0 aromatic heterocycles. The molecule has 0 radical (unpaired) electrons. The Kier molecular flexibility index (Phi) is 37.4. The summed E-state index contributed by atoms with van der Waals surface area (Å²) in [6.07, 6.45) is 73.9. The third kappa shape index (κ3) is 32.5. The molecule has 1 spiro atoms. The largest absolute Gasteiger partial charge is 0.316 e. The van der Waals surface area contributed by atoms with Crippen LogP contribution in [0, 0.1) is 5.41 Å². The molecule has 1 aliphatic heterocycles. The van der Waals surface area contributed by atoms with Crippen LogP contribution >= 0.6 is 0 Å². The molecule has 61 heavy (non-hydrogen) atoms. The minimum atomic E-state index is 0.592. The summed E-state index contributed by atoms with van der Waals surface area (Å²) < 4.78 is 0. The van der Waals surface area contributed by atoms with E-state index in [1.54, 1.807) is 5.56 Å². The second-order valence-electron chi connectivity index (χ2n) is 21.6. The summed E-state index contributed by atoms with van der Waals surface area (Å²) in [5.74, 6) is 0.759. The van der Waals surface area contributed by atoms with E-state index in [9.17, 15) is 0 Å². The van der Waals surface area contributed by atoms with Gasteiger partial charge in [0.15, 0.2) is 0 Å². The zero-order valence-electron chi connectivity index (χ0n) is 41.7. The molecule has 2 fully saturated rings. The van der Waals surface area contributed by atoms with Gasteiger partial charge in [-0.25, -0.2) is 0 Å². The third-order valence-corrected chi connectivity index (χ3v) is 15.8. The van der Waals surface area contributed by atoms with Crippen LogP contribution in [0.25, 0.3) is 0 Å². The van der Waals surface area contributed by atoms with Gasteiger partial charge in [-0.3, -0.25) is 0 Å². The topological polar surface area (TPSA) is 12.0 Å². The second kappa shape index (κ2) is 41.9. The van der Waals surface area contributed by atoms with Crippen LogP contribution in [0.3, 0.4) is 0 Å². The smallest absolute Gasteiger partial charge is 0.00202 e. The van der Waals surface area contributed by atoms with E-state index in [4.69, 9.17) is 0 Å². The summed E-state index contributed by atoms with van der Waals surface area (Å²) in [5.41, 5.74) is 2.20. The molecule has 3 rings (SSSR count). The second-order valence-corrected chi connectivity index (χ2v) is 21.6. The molecular weight excluding hydrogens is 735 g/mol. The Balaban J connectivity index is 1.24. The first-order valence-electron chi connectivity index (χ1n) is 29.1. The molecule has 1 heteroatoms. The number of hydrogen-bond donors (Lipinski definition) is 1. The Labute approximate surface area is 385 Å². The molecule has 1 aliphatic carbocycles. The van der Waals surface area contributed by atoms with Gasteiger partial charge < -0.3 is 5.32 Å². The highest BCUT2D eigenvalue weighted by atomic mass is 15.0. The molecule has 1 saturated heterocycles. The van der Waals surface area contributed by atoms with E-state index in [1.807, 2.05) is 0 Å². The molecule has 1 saturated carbocycles. The summed E-state index contributed by atoms with van der Waals surface area (Å²) in [5, 5.41) is 3.69. The molecular formula is C60H111N. The average molecular weight is 847 g/mol. The predicted molar refractivity (Wildman–Crippen MR) is 275 cm³/mol. The summed E-state index contributed by atoms with van der Waals surface area (Å²) in [4.78, 5) is 0. The minimum absolute atomic E-state index is 0.592. The lowest BCUT2D eigenvalue weighted by Crippen LogP contribution is -2.53. The van der Waals surface area contributed by atoms with Crippen molar-refractivity contribution in [1.82, 2.24) is 5.32 Å². The number of nitrogens with one attached hydrogen (secondary N) is 1. The van der Waals surface area contributed by atoms with Gasteiger partial charge in [-0.1, -0.05) is 326 Å².